The summed E-state index contributed by atoms with van der Waals surface area (Å²) in [6.07, 6.45) is 7.27. The van der Waals surface area contributed by atoms with Gasteiger partial charge in [0, 0.05) is 18.0 Å². The normalized spacial score (nSPS) is 22.2. The van der Waals surface area contributed by atoms with Crippen molar-refractivity contribution in [1.82, 2.24) is 0 Å². The van der Waals surface area contributed by atoms with Gasteiger partial charge in [0.15, 0.2) is 5.78 Å². The minimum absolute atomic E-state index is 0.0424. The number of amides is 1. The predicted molar refractivity (Wildman–Crippen MR) is 110 cm³/mol. The summed E-state index contributed by atoms with van der Waals surface area (Å²) >= 11 is 0. The molecular formula is C22H33N3O2. The smallest absolute Gasteiger partial charge is 0.246 e. The van der Waals surface area contributed by atoms with Crippen LogP contribution >= 0.6 is 0 Å². The largest absolute Gasteiger partial charge is 0.365 e. The molecule has 5 nitrogen and oxygen atoms in total. The quantitative estimate of drug-likeness (QED) is 0.826. The predicted octanol–water partition coefficient (Wildman–Crippen LogP) is 3.50. The van der Waals surface area contributed by atoms with E-state index in [0.29, 0.717) is 12.6 Å². The van der Waals surface area contributed by atoms with E-state index in [1.54, 1.807) is 4.90 Å². The van der Waals surface area contributed by atoms with Crippen LogP contribution in [0.25, 0.3) is 0 Å². The molecule has 1 saturated carbocycles. The van der Waals surface area contributed by atoms with Crippen molar-refractivity contribution in [1.29, 1.82) is 0 Å². The molecule has 5 heteroatoms. The average molecular weight is 372 g/mol. The highest BCUT2D eigenvalue weighted by Crippen LogP contribution is 2.36. The number of Topliss-reactive ketones (excluding diaryl/α,β-unsaturated/α-hetero) is 1. The summed E-state index contributed by atoms with van der Waals surface area (Å²) in [5.74, 6) is -0.114. The molecule has 1 fully saturated rings. The minimum Gasteiger partial charge on any atom is -0.365 e. The molecule has 0 radical (unpaired) electrons. The van der Waals surface area contributed by atoms with Crippen LogP contribution in [0, 0.1) is 5.41 Å². The first-order valence-corrected chi connectivity index (χ1v) is 10.2. The Morgan fingerprint density at radius 1 is 1.07 bits per heavy atom. The summed E-state index contributed by atoms with van der Waals surface area (Å²) in [5, 5.41) is 0. The maximum absolute atomic E-state index is 13.1. The van der Waals surface area contributed by atoms with Gasteiger partial charge in [-0.15, -0.1) is 0 Å². The average Bonchev–Trinajstić information content (AvgIpc) is 2.95. The maximum Gasteiger partial charge on any atom is 0.246 e. The zero-order valence-corrected chi connectivity index (χ0v) is 16.9. The lowest BCUT2D eigenvalue weighted by atomic mass is 9.90. The molecule has 2 aliphatic rings. The Kier molecular flexibility index (Phi) is 5.89. The second kappa shape index (κ2) is 8.01. The van der Waals surface area contributed by atoms with E-state index < -0.39 is 11.5 Å². The van der Waals surface area contributed by atoms with Crippen molar-refractivity contribution in [3.63, 3.8) is 0 Å². The van der Waals surface area contributed by atoms with Gasteiger partial charge in [0.2, 0.25) is 5.91 Å². The van der Waals surface area contributed by atoms with E-state index in [4.69, 9.17) is 5.73 Å². The first-order chi connectivity index (χ1) is 12.8. The lowest BCUT2D eigenvalue weighted by Crippen LogP contribution is -2.50. The van der Waals surface area contributed by atoms with Gasteiger partial charge in [-0.3, -0.25) is 9.59 Å². The van der Waals surface area contributed by atoms with Gasteiger partial charge < -0.3 is 15.5 Å². The molecule has 1 aromatic rings. The highest BCUT2D eigenvalue weighted by Gasteiger charge is 2.36. The third kappa shape index (κ3) is 4.34. The van der Waals surface area contributed by atoms with Crippen LogP contribution < -0.4 is 15.5 Å². The van der Waals surface area contributed by atoms with Crippen LogP contribution in [0.5, 0.6) is 0 Å². The van der Waals surface area contributed by atoms with Crippen molar-refractivity contribution >= 4 is 23.1 Å². The van der Waals surface area contributed by atoms with E-state index in [9.17, 15) is 9.59 Å². The molecular weight excluding hydrogens is 338 g/mol. The van der Waals surface area contributed by atoms with Gasteiger partial charge in [0.05, 0.1) is 17.9 Å². The molecule has 1 aliphatic heterocycles. The van der Waals surface area contributed by atoms with E-state index in [1.165, 1.54) is 25.7 Å². The molecule has 1 aromatic carbocycles. The van der Waals surface area contributed by atoms with Gasteiger partial charge >= 0.3 is 0 Å². The number of nitrogens with zero attached hydrogens (tertiary/aromatic N) is 2. The molecule has 1 atom stereocenters. The van der Waals surface area contributed by atoms with Gasteiger partial charge in [-0.2, -0.15) is 0 Å². The third-order valence-electron chi connectivity index (χ3n) is 5.86. The molecule has 0 saturated heterocycles. The van der Waals surface area contributed by atoms with Crippen LogP contribution in [0.1, 0.15) is 59.3 Å². The molecule has 0 spiro atoms. The number of fused-ring (bicyclic) bond motifs is 1. The van der Waals surface area contributed by atoms with Crippen LogP contribution in [0.4, 0.5) is 11.4 Å². The van der Waals surface area contributed by atoms with Crippen molar-refractivity contribution in [3.05, 3.63) is 24.3 Å². The van der Waals surface area contributed by atoms with E-state index in [2.05, 4.69) is 11.0 Å². The van der Waals surface area contributed by atoms with Crippen molar-refractivity contribution in [2.24, 2.45) is 11.1 Å². The molecule has 2 N–H and O–H groups in total. The Morgan fingerprint density at radius 2 is 1.67 bits per heavy atom. The van der Waals surface area contributed by atoms with Crippen LogP contribution in [-0.4, -0.2) is 36.9 Å². The molecule has 1 heterocycles. The first kappa shape index (κ1) is 19.9. The van der Waals surface area contributed by atoms with Gasteiger partial charge in [-0.25, -0.2) is 0 Å². The van der Waals surface area contributed by atoms with Crippen LogP contribution in [0.15, 0.2) is 24.3 Å². The summed E-state index contributed by atoms with van der Waals surface area (Å²) in [6, 6.07) is 7.75. The number of para-hydroxylation sites is 2. The van der Waals surface area contributed by atoms with E-state index in [-0.39, 0.29) is 18.2 Å². The zero-order chi connectivity index (χ0) is 19.6. The molecule has 1 amide bonds. The standard InChI is InChI=1S/C22H33N3O2/c1-22(2,3)20(26)15-25-19-13-9-8-12-18(19)24(14-17(23)21(25)27)16-10-6-4-5-7-11-16/h8-9,12-13,16-17H,4-7,10-11,14-15,23H2,1-3H3. The zero-order valence-electron chi connectivity index (χ0n) is 16.9. The van der Waals surface area contributed by atoms with E-state index >= 15 is 0 Å². The van der Waals surface area contributed by atoms with Gasteiger partial charge in [0.1, 0.15) is 6.04 Å². The number of hydrogen-bond donors (Lipinski definition) is 1. The SMILES string of the molecule is CC(C)(C)C(=O)CN1C(=O)C(N)CN(C2CCCCCC2)c2ccccc21. The fraction of sp³-hybridized carbons (Fsp3) is 0.636. The summed E-state index contributed by atoms with van der Waals surface area (Å²) in [7, 11) is 0. The second-order valence-corrected chi connectivity index (χ2v) is 8.99. The molecule has 3 rings (SSSR count). The van der Waals surface area contributed by atoms with Crippen molar-refractivity contribution in [2.75, 3.05) is 22.9 Å². The van der Waals surface area contributed by atoms with E-state index in [0.717, 1.165) is 24.2 Å². The number of ketones is 1. The number of nitrogens with two attached hydrogens (primary N) is 1. The number of rotatable bonds is 3. The number of anilines is 2. The summed E-state index contributed by atoms with van der Waals surface area (Å²) < 4.78 is 0. The Balaban J connectivity index is 1.98. The van der Waals surface area contributed by atoms with Crippen LogP contribution in [-0.2, 0) is 9.59 Å². The summed E-state index contributed by atoms with van der Waals surface area (Å²) in [5.41, 5.74) is 7.68. The number of hydrogen-bond acceptors (Lipinski definition) is 4. The molecule has 27 heavy (non-hydrogen) atoms. The maximum atomic E-state index is 13.1. The molecule has 0 bridgehead atoms. The number of carbonyl (C=O) groups is 2. The lowest BCUT2D eigenvalue weighted by molar-refractivity contribution is -0.127. The fourth-order valence-corrected chi connectivity index (χ4v) is 4.10. The minimum atomic E-state index is -0.617. The van der Waals surface area contributed by atoms with Crippen molar-refractivity contribution < 1.29 is 9.59 Å². The summed E-state index contributed by atoms with van der Waals surface area (Å²) in [6.45, 7) is 6.26. The molecule has 148 valence electrons. The van der Waals surface area contributed by atoms with Crippen molar-refractivity contribution in [2.45, 2.75) is 71.4 Å². The van der Waals surface area contributed by atoms with Crippen LogP contribution in [0.3, 0.4) is 0 Å². The topological polar surface area (TPSA) is 66.6 Å². The Morgan fingerprint density at radius 3 is 2.26 bits per heavy atom. The van der Waals surface area contributed by atoms with Crippen molar-refractivity contribution in [3.8, 4) is 0 Å². The highest BCUT2D eigenvalue weighted by atomic mass is 16.2. The Hall–Kier alpha value is -1.88. The Labute approximate surface area is 162 Å². The summed E-state index contributed by atoms with van der Waals surface area (Å²) in [4.78, 5) is 29.7. The molecule has 1 aliphatic carbocycles. The van der Waals surface area contributed by atoms with Gasteiger partial charge in [-0.05, 0) is 25.0 Å². The highest BCUT2D eigenvalue weighted by molar-refractivity contribution is 6.06. The number of benzene rings is 1. The third-order valence-corrected chi connectivity index (χ3v) is 5.86. The van der Waals surface area contributed by atoms with Gasteiger partial charge in [0.25, 0.3) is 0 Å². The molecule has 1 unspecified atom stereocenters. The lowest BCUT2D eigenvalue weighted by Gasteiger charge is -2.34. The number of carbonyl (C=O) groups excluding carboxylic acids is 2. The van der Waals surface area contributed by atoms with Crippen LogP contribution in [0.2, 0.25) is 0 Å². The first-order valence-electron chi connectivity index (χ1n) is 10.2. The monoisotopic (exact) mass is 371 g/mol. The van der Waals surface area contributed by atoms with Gasteiger partial charge in [-0.1, -0.05) is 58.6 Å². The fourth-order valence-electron chi connectivity index (χ4n) is 4.10. The Bertz CT molecular complexity index is 687. The molecule has 0 aromatic heterocycles. The van der Waals surface area contributed by atoms with E-state index in [1.807, 2.05) is 39.0 Å². The second-order valence-electron chi connectivity index (χ2n) is 8.99.